The highest BCUT2D eigenvalue weighted by molar-refractivity contribution is 5.96. The Labute approximate surface area is 109 Å². The van der Waals surface area contributed by atoms with Crippen molar-refractivity contribution in [3.63, 3.8) is 0 Å². The zero-order chi connectivity index (χ0) is 13.8. The third kappa shape index (κ3) is 2.85. The summed E-state index contributed by atoms with van der Waals surface area (Å²) in [5, 5.41) is 8.79. The normalized spacial score (nSPS) is 12.0. The van der Waals surface area contributed by atoms with Crippen molar-refractivity contribution in [1.82, 2.24) is 4.90 Å². The Balaban J connectivity index is 2.21. The Morgan fingerprint density at radius 1 is 1.37 bits per heavy atom. The number of aliphatic carboxylic acids is 1. The topological polar surface area (TPSA) is 76.1 Å². The molecule has 1 heterocycles. The highest BCUT2D eigenvalue weighted by atomic mass is 16.7. The van der Waals surface area contributed by atoms with Crippen molar-refractivity contribution in [2.24, 2.45) is 0 Å². The van der Waals surface area contributed by atoms with Gasteiger partial charge in [-0.3, -0.25) is 9.59 Å². The van der Waals surface area contributed by atoms with Crippen LogP contribution < -0.4 is 9.47 Å². The van der Waals surface area contributed by atoms with Gasteiger partial charge in [0.1, 0.15) is 6.54 Å². The molecule has 0 saturated heterocycles. The molecule has 1 aliphatic rings. The van der Waals surface area contributed by atoms with Crippen LogP contribution in [0.15, 0.2) is 30.9 Å². The molecule has 0 aliphatic carbocycles. The summed E-state index contributed by atoms with van der Waals surface area (Å²) in [7, 11) is 0. The number of carboxylic acids is 1. The maximum Gasteiger partial charge on any atom is 0.323 e. The number of fused-ring (bicyclic) bond motifs is 1. The minimum absolute atomic E-state index is 0.123. The van der Waals surface area contributed by atoms with Crippen molar-refractivity contribution < 1.29 is 24.2 Å². The molecule has 0 atom stereocenters. The van der Waals surface area contributed by atoms with Crippen molar-refractivity contribution in [3.05, 3.63) is 36.4 Å². The molecule has 100 valence electrons. The molecular weight excluding hydrogens is 250 g/mol. The van der Waals surface area contributed by atoms with E-state index in [1.165, 1.54) is 11.0 Å². The van der Waals surface area contributed by atoms with E-state index in [9.17, 15) is 9.59 Å². The van der Waals surface area contributed by atoms with E-state index in [0.29, 0.717) is 17.1 Å². The standard InChI is InChI=1S/C13H13NO5/c1-2-5-14(7-12(15)16)13(17)9-3-4-10-11(6-9)19-8-18-10/h2-4,6H,1,5,7-8H2,(H,15,16). The summed E-state index contributed by atoms with van der Waals surface area (Å²) in [6, 6.07) is 4.75. The number of ether oxygens (including phenoxy) is 2. The maximum absolute atomic E-state index is 12.2. The zero-order valence-corrected chi connectivity index (χ0v) is 10.2. The van der Waals surface area contributed by atoms with Gasteiger partial charge in [0.15, 0.2) is 11.5 Å². The van der Waals surface area contributed by atoms with Crippen LogP contribution in [0.5, 0.6) is 11.5 Å². The number of nitrogens with zero attached hydrogens (tertiary/aromatic N) is 1. The largest absolute Gasteiger partial charge is 0.480 e. The third-order valence-electron chi connectivity index (χ3n) is 2.58. The molecule has 1 N–H and O–H groups in total. The van der Waals surface area contributed by atoms with Crippen LogP contribution in [0.2, 0.25) is 0 Å². The molecule has 1 aliphatic heterocycles. The number of amides is 1. The predicted molar refractivity (Wildman–Crippen MR) is 66.3 cm³/mol. The van der Waals surface area contributed by atoms with Gasteiger partial charge in [-0.05, 0) is 18.2 Å². The number of hydrogen-bond acceptors (Lipinski definition) is 4. The fraction of sp³-hybridized carbons (Fsp3) is 0.231. The quantitative estimate of drug-likeness (QED) is 0.806. The summed E-state index contributed by atoms with van der Waals surface area (Å²) in [6.07, 6.45) is 1.48. The molecule has 0 spiro atoms. The molecule has 19 heavy (non-hydrogen) atoms. The molecule has 0 fully saturated rings. The lowest BCUT2D eigenvalue weighted by molar-refractivity contribution is -0.137. The van der Waals surface area contributed by atoms with Gasteiger partial charge in [0, 0.05) is 12.1 Å². The lowest BCUT2D eigenvalue weighted by Crippen LogP contribution is -2.35. The van der Waals surface area contributed by atoms with E-state index >= 15 is 0 Å². The average molecular weight is 263 g/mol. The van der Waals surface area contributed by atoms with Gasteiger partial charge in [-0.15, -0.1) is 6.58 Å². The lowest BCUT2D eigenvalue weighted by atomic mass is 10.1. The van der Waals surface area contributed by atoms with Crippen molar-refractivity contribution in [3.8, 4) is 11.5 Å². The van der Waals surface area contributed by atoms with E-state index in [4.69, 9.17) is 14.6 Å². The molecular formula is C13H13NO5. The first-order valence-electron chi connectivity index (χ1n) is 5.63. The summed E-state index contributed by atoms with van der Waals surface area (Å²) in [5.74, 6) is -0.402. The monoisotopic (exact) mass is 263 g/mol. The van der Waals surface area contributed by atoms with Gasteiger partial charge in [0.2, 0.25) is 6.79 Å². The van der Waals surface area contributed by atoms with E-state index < -0.39 is 5.97 Å². The smallest absolute Gasteiger partial charge is 0.323 e. The van der Waals surface area contributed by atoms with Crippen LogP contribution >= 0.6 is 0 Å². The van der Waals surface area contributed by atoms with E-state index in [2.05, 4.69) is 6.58 Å². The molecule has 0 saturated carbocycles. The Bertz CT molecular complexity index is 526. The number of benzene rings is 1. The molecule has 0 radical (unpaired) electrons. The van der Waals surface area contributed by atoms with E-state index in [0.717, 1.165) is 0 Å². The van der Waals surface area contributed by atoms with Gasteiger partial charge in [-0.1, -0.05) is 6.08 Å². The summed E-state index contributed by atoms with van der Waals surface area (Å²) < 4.78 is 10.3. The highest BCUT2D eigenvalue weighted by Crippen LogP contribution is 2.32. The molecule has 6 heteroatoms. The zero-order valence-electron chi connectivity index (χ0n) is 10.2. The first-order valence-corrected chi connectivity index (χ1v) is 5.63. The number of carboxylic acid groups (broad SMARTS) is 1. The van der Waals surface area contributed by atoms with Gasteiger partial charge in [-0.2, -0.15) is 0 Å². The van der Waals surface area contributed by atoms with Crippen molar-refractivity contribution in [2.45, 2.75) is 0 Å². The number of rotatable bonds is 5. The lowest BCUT2D eigenvalue weighted by Gasteiger charge is -2.18. The minimum Gasteiger partial charge on any atom is -0.480 e. The molecule has 1 aromatic carbocycles. The van der Waals surface area contributed by atoms with Crippen LogP contribution in [0.4, 0.5) is 0 Å². The third-order valence-corrected chi connectivity index (χ3v) is 2.58. The fourth-order valence-electron chi connectivity index (χ4n) is 1.75. The molecule has 0 aromatic heterocycles. The Hall–Kier alpha value is -2.50. The SMILES string of the molecule is C=CCN(CC(=O)O)C(=O)c1ccc2c(c1)OCO2. The van der Waals surface area contributed by atoms with Crippen molar-refractivity contribution >= 4 is 11.9 Å². The molecule has 6 nitrogen and oxygen atoms in total. The number of carbonyl (C=O) groups excluding carboxylic acids is 1. The highest BCUT2D eigenvalue weighted by Gasteiger charge is 2.21. The first kappa shape index (κ1) is 12.9. The minimum atomic E-state index is -1.07. The van der Waals surface area contributed by atoms with Gasteiger partial charge in [0.25, 0.3) is 5.91 Å². The summed E-state index contributed by atoms with van der Waals surface area (Å²) in [4.78, 5) is 24.1. The van der Waals surface area contributed by atoms with Crippen LogP contribution in [-0.4, -0.2) is 41.8 Å². The second kappa shape index (κ2) is 5.43. The summed E-state index contributed by atoms with van der Waals surface area (Å²) in [5.41, 5.74) is 0.354. The van der Waals surface area contributed by atoms with E-state index in [-0.39, 0.29) is 25.8 Å². The summed E-state index contributed by atoms with van der Waals surface area (Å²) >= 11 is 0. The van der Waals surface area contributed by atoms with Crippen LogP contribution in [-0.2, 0) is 4.79 Å². The second-order valence-corrected chi connectivity index (χ2v) is 3.94. The first-order chi connectivity index (χ1) is 9.11. The molecule has 0 unspecified atom stereocenters. The molecule has 1 amide bonds. The van der Waals surface area contributed by atoms with Crippen LogP contribution in [0.1, 0.15) is 10.4 Å². The Morgan fingerprint density at radius 3 is 2.79 bits per heavy atom. The summed E-state index contributed by atoms with van der Waals surface area (Å²) in [6.45, 7) is 3.42. The number of carbonyl (C=O) groups is 2. The van der Waals surface area contributed by atoms with Crippen LogP contribution in [0, 0.1) is 0 Å². The van der Waals surface area contributed by atoms with Crippen LogP contribution in [0.3, 0.4) is 0 Å². The van der Waals surface area contributed by atoms with Gasteiger partial charge in [0.05, 0.1) is 0 Å². The van der Waals surface area contributed by atoms with E-state index in [1.807, 2.05) is 0 Å². The van der Waals surface area contributed by atoms with Crippen molar-refractivity contribution in [1.29, 1.82) is 0 Å². The average Bonchev–Trinajstić information content (AvgIpc) is 2.84. The fourth-order valence-corrected chi connectivity index (χ4v) is 1.75. The molecule has 2 rings (SSSR count). The van der Waals surface area contributed by atoms with Crippen LogP contribution in [0.25, 0.3) is 0 Å². The van der Waals surface area contributed by atoms with Gasteiger partial charge >= 0.3 is 5.97 Å². The van der Waals surface area contributed by atoms with Gasteiger partial charge < -0.3 is 19.5 Å². The number of hydrogen-bond donors (Lipinski definition) is 1. The second-order valence-electron chi connectivity index (χ2n) is 3.94. The Morgan fingerprint density at radius 2 is 2.11 bits per heavy atom. The molecule has 1 aromatic rings. The van der Waals surface area contributed by atoms with E-state index in [1.54, 1.807) is 18.2 Å². The van der Waals surface area contributed by atoms with Gasteiger partial charge in [-0.25, -0.2) is 0 Å². The Kier molecular flexibility index (Phi) is 3.70. The predicted octanol–water partition coefficient (Wildman–Crippen LogP) is 1.13. The molecule has 0 bridgehead atoms. The maximum atomic E-state index is 12.2. The van der Waals surface area contributed by atoms with Crippen molar-refractivity contribution in [2.75, 3.05) is 19.9 Å².